The summed E-state index contributed by atoms with van der Waals surface area (Å²) in [5, 5.41) is 3.64. The van der Waals surface area contributed by atoms with Crippen LogP contribution in [0, 0.1) is 6.92 Å². The average Bonchev–Trinajstić information content (AvgIpc) is 2.40. The molecule has 1 N–H and O–H groups in total. The van der Waals surface area contributed by atoms with Gasteiger partial charge in [0.2, 0.25) is 0 Å². The lowest BCUT2D eigenvalue weighted by Gasteiger charge is -2.21. The molecule has 2 rings (SSSR count). The highest BCUT2D eigenvalue weighted by Gasteiger charge is 2.10. The molecule has 1 nitrogen and oxygen atoms in total. The van der Waals surface area contributed by atoms with Gasteiger partial charge in [-0.2, -0.15) is 0 Å². The molecule has 0 amide bonds. The van der Waals surface area contributed by atoms with Crippen molar-refractivity contribution in [2.75, 3.05) is 0 Å². The van der Waals surface area contributed by atoms with Crippen LogP contribution in [0.25, 0.3) is 0 Å². The van der Waals surface area contributed by atoms with Crippen LogP contribution in [0.2, 0.25) is 0 Å². The molecule has 0 saturated carbocycles. The summed E-state index contributed by atoms with van der Waals surface area (Å²) in [6.45, 7) is 6.53. The molecule has 1 unspecified atom stereocenters. The van der Waals surface area contributed by atoms with E-state index < -0.39 is 0 Å². The molecule has 0 aliphatic carbocycles. The van der Waals surface area contributed by atoms with Gasteiger partial charge in [-0.15, -0.1) is 0 Å². The molecule has 2 heteroatoms. The highest BCUT2D eigenvalue weighted by molar-refractivity contribution is 9.10. The van der Waals surface area contributed by atoms with Crippen LogP contribution in [0.1, 0.15) is 42.6 Å². The first-order chi connectivity index (χ1) is 9.06. The van der Waals surface area contributed by atoms with Gasteiger partial charge in [-0.1, -0.05) is 57.9 Å². The minimum atomic E-state index is 0.337. The summed E-state index contributed by atoms with van der Waals surface area (Å²) < 4.78 is 1.12. The molecule has 0 saturated heterocycles. The van der Waals surface area contributed by atoms with Crippen LogP contribution < -0.4 is 5.32 Å². The molecule has 0 radical (unpaired) electrons. The molecule has 0 bridgehead atoms. The number of rotatable bonds is 4. The maximum atomic E-state index is 3.64. The first kappa shape index (κ1) is 14.3. The molecule has 100 valence electrons. The van der Waals surface area contributed by atoms with Gasteiger partial charge in [0, 0.05) is 16.6 Å². The molecule has 0 fully saturated rings. The van der Waals surface area contributed by atoms with Crippen molar-refractivity contribution in [3.8, 4) is 0 Å². The van der Waals surface area contributed by atoms with E-state index in [9.17, 15) is 0 Å². The lowest BCUT2D eigenvalue weighted by Crippen LogP contribution is -2.22. The minimum absolute atomic E-state index is 0.337. The Hall–Kier alpha value is -1.12. The van der Waals surface area contributed by atoms with Crippen molar-refractivity contribution < 1.29 is 0 Å². The second-order valence-corrected chi connectivity index (χ2v) is 5.99. The molecular weight excluding hydrogens is 298 g/mol. The van der Waals surface area contributed by atoms with Crippen LogP contribution >= 0.6 is 15.9 Å². The number of benzene rings is 2. The highest BCUT2D eigenvalue weighted by atomic mass is 79.9. The third kappa shape index (κ3) is 3.92. The first-order valence-electron chi connectivity index (χ1n) is 6.64. The number of halogens is 1. The summed E-state index contributed by atoms with van der Waals surface area (Å²) >= 11 is 3.47. The lowest BCUT2D eigenvalue weighted by atomic mass is 10.0. The van der Waals surface area contributed by atoms with Gasteiger partial charge >= 0.3 is 0 Å². The van der Waals surface area contributed by atoms with E-state index in [-0.39, 0.29) is 0 Å². The maximum absolute atomic E-state index is 3.64. The Morgan fingerprint density at radius 3 is 1.68 bits per heavy atom. The quantitative estimate of drug-likeness (QED) is 0.820. The predicted molar refractivity (Wildman–Crippen MR) is 85.3 cm³/mol. The third-order valence-electron chi connectivity index (χ3n) is 3.45. The van der Waals surface area contributed by atoms with Gasteiger partial charge in [0.15, 0.2) is 0 Å². The molecule has 0 aromatic heterocycles. The van der Waals surface area contributed by atoms with Crippen LogP contribution in [-0.2, 0) is 0 Å². The Labute approximate surface area is 124 Å². The summed E-state index contributed by atoms with van der Waals surface area (Å²) in [6.07, 6.45) is 0. The van der Waals surface area contributed by atoms with Crippen LogP contribution in [0.15, 0.2) is 53.0 Å². The van der Waals surface area contributed by atoms with Crippen molar-refractivity contribution in [2.45, 2.75) is 32.9 Å². The number of nitrogens with one attached hydrogen (secondary N) is 1. The molecule has 2 aromatic rings. The average molecular weight is 318 g/mol. The number of hydrogen-bond donors (Lipinski definition) is 1. The number of aryl methyl sites for hydroxylation is 1. The topological polar surface area (TPSA) is 12.0 Å². The molecule has 0 aliphatic heterocycles. The largest absolute Gasteiger partial charge is 0.304 e. The molecule has 0 spiro atoms. The van der Waals surface area contributed by atoms with Gasteiger partial charge in [0.05, 0.1) is 0 Å². The first-order valence-corrected chi connectivity index (χ1v) is 7.43. The maximum Gasteiger partial charge on any atom is 0.0297 e. The Balaban J connectivity index is 2.03. The Kier molecular flexibility index (Phi) is 4.78. The SMILES string of the molecule is Cc1ccc(C(C)N[C@@H](C)c2ccc(Br)cc2)cc1. The fourth-order valence-electron chi connectivity index (χ4n) is 2.17. The van der Waals surface area contributed by atoms with Crippen LogP contribution in [0.4, 0.5) is 0 Å². The van der Waals surface area contributed by atoms with Crippen molar-refractivity contribution >= 4 is 15.9 Å². The highest BCUT2D eigenvalue weighted by Crippen LogP contribution is 2.21. The van der Waals surface area contributed by atoms with Gasteiger partial charge in [0.25, 0.3) is 0 Å². The second kappa shape index (κ2) is 6.36. The molecule has 0 aliphatic rings. The van der Waals surface area contributed by atoms with Crippen molar-refractivity contribution in [3.05, 3.63) is 69.7 Å². The van der Waals surface area contributed by atoms with Gasteiger partial charge in [-0.3, -0.25) is 0 Å². The van der Waals surface area contributed by atoms with Gasteiger partial charge in [0.1, 0.15) is 0 Å². The Morgan fingerprint density at radius 2 is 1.21 bits per heavy atom. The minimum Gasteiger partial charge on any atom is -0.304 e. The van der Waals surface area contributed by atoms with E-state index in [1.807, 2.05) is 0 Å². The zero-order valence-corrected chi connectivity index (χ0v) is 13.2. The van der Waals surface area contributed by atoms with Crippen LogP contribution in [0.3, 0.4) is 0 Å². The van der Waals surface area contributed by atoms with E-state index >= 15 is 0 Å². The van der Waals surface area contributed by atoms with Crippen molar-refractivity contribution in [1.82, 2.24) is 5.32 Å². The van der Waals surface area contributed by atoms with E-state index in [1.54, 1.807) is 0 Å². The number of hydrogen-bond acceptors (Lipinski definition) is 1. The van der Waals surface area contributed by atoms with Gasteiger partial charge in [-0.25, -0.2) is 0 Å². The molecule has 2 aromatic carbocycles. The summed E-state index contributed by atoms with van der Waals surface area (Å²) in [6, 6.07) is 17.9. The normalized spacial score (nSPS) is 14.1. The van der Waals surface area contributed by atoms with Crippen molar-refractivity contribution in [2.24, 2.45) is 0 Å². The smallest absolute Gasteiger partial charge is 0.0297 e. The lowest BCUT2D eigenvalue weighted by molar-refractivity contribution is 0.494. The monoisotopic (exact) mass is 317 g/mol. The van der Waals surface area contributed by atoms with Crippen molar-refractivity contribution in [3.63, 3.8) is 0 Å². The molecule has 0 heterocycles. The van der Waals surface area contributed by atoms with Crippen molar-refractivity contribution in [1.29, 1.82) is 0 Å². The summed E-state index contributed by atoms with van der Waals surface area (Å²) in [7, 11) is 0. The molecular formula is C17H20BrN. The van der Waals surface area contributed by atoms with Gasteiger partial charge in [-0.05, 0) is 44.0 Å². The molecule has 2 atom stereocenters. The van der Waals surface area contributed by atoms with Gasteiger partial charge < -0.3 is 5.32 Å². The fraction of sp³-hybridized carbons (Fsp3) is 0.294. The molecule has 19 heavy (non-hydrogen) atoms. The Morgan fingerprint density at radius 1 is 0.789 bits per heavy atom. The predicted octanol–water partition coefficient (Wildman–Crippen LogP) is 5.17. The van der Waals surface area contributed by atoms with E-state index in [0.717, 1.165) is 4.47 Å². The van der Waals surface area contributed by atoms with Crippen LogP contribution in [-0.4, -0.2) is 0 Å². The standard InChI is InChI=1S/C17H20BrN/c1-12-4-6-15(7-5-12)13(2)19-14(3)16-8-10-17(18)11-9-16/h4-11,13-14,19H,1-3H3/t13?,14-/m0/s1. The summed E-state index contributed by atoms with van der Waals surface area (Å²) in [5.74, 6) is 0. The van der Waals surface area contributed by atoms with E-state index in [1.165, 1.54) is 16.7 Å². The summed E-state index contributed by atoms with van der Waals surface area (Å²) in [4.78, 5) is 0. The zero-order chi connectivity index (χ0) is 13.8. The fourth-order valence-corrected chi connectivity index (χ4v) is 2.44. The van der Waals surface area contributed by atoms with E-state index in [4.69, 9.17) is 0 Å². The van der Waals surface area contributed by atoms with Crippen LogP contribution in [0.5, 0.6) is 0 Å². The second-order valence-electron chi connectivity index (χ2n) is 5.07. The third-order valence-corrected chi connectivity index (χ3v) is 3.98. The summed E-state index contributed by atoms with van der Waals surface area (Å²) in [5.41, 5.74) is 3.94. The van der Waals surface area contributed by atoms with E-state index in [2.05, 4.69) is 90.5 Å². The zero-order valence-electron chi connectivity index (χ0n) is 11.7. The Bertz CT molecular complexity index is 466. The van der Waals surface area contributed by atoms with E-state index in [0.29, 0.717) is 12.1 Å².